The van der Waals surface area contributed by atoms with Crippen molar-refractivity contribution in [2.75, 3.05) is 13.1 Å². The average Bonchev–Trinajstić information content (AvgIpc) is 3.24. The van der Waals surface area contributed by atoms with Crippen LogP contribution in [0, 0.1) is 10.1 Å². The molecule has 0 N–H and O–H groups in total. The molecule has 2 aromatic carbocycles. The number of nitrogens with zero attached hydrogens (tertiary/aromatic N) is 4. The number of rotatable bonds is 4. The van der Waals surface area contributed by atoms with Gasteiger partial charge in [-0.2, -0.15) is 4.98 Å². The van der Waals surface area contributed by atoms with E-state index >= 15 is 0 Å². The molecule has 1 aliphatic heterocycles. The summed E-state index contributed by atoms with van der Waals surface area (Å²) in [5, 5.41) is 15.9. The number of hydrogen-bond acceptors (Lipinski definition) is 6. The van der Waals surface area contributed by atoms with Crippen LogP contribution in [0.1, 0.15) is 35.0 Å². The number of hydrogen-bond donors (Lipinski definition) is 0. The van der Waals surface area contributed by atoms with Crippen LogP contribution in [0.2, 0.25) is 10.0 Å². The van der Waals surface area contributed by atoms with Crippen molar-refractivity contribution in [3.8, 4) is 11.4 Å². The monoisotopic (exact) mass is 446 g/mol. The van der Waals surface area contributed by atoms with Crippen LogP contribution in [-0.2, 0) is 0 Å². The highest BCUT2D eigenvalue weighted by Gasteiger charge is 2.30. The molecule has 1 aromatic heterocycles. The van der Waals surface area contributed by atoms with Gasteiger partial charge in [-0.1, -0.05) is 28.4 Å². The first-order chi connectivity index (χ1) is 14.4. The molecule has 1 unspecified atom stereocenters. The molecule has 0 radical (unpaired) electrons. The summed E-state index contributed by atoms with van der Waals surface area (Å²) in [5.41, 5.74) is 0.709. The molecule has 2 heterocycles. The number of halogens is 2. The Labute approximate surface area is 181 Å². The Kier molecular flexibility index (Phi) is 5.69. The van der Waals surface area contributed by atoms with Gasteiger partial charge in [0.15, 0.2) is 0 Å². The van der Waals surface area contributed by atoms with E-state index in [4.69, 9.17) is 27.7 Å². The zero-order valence-electron chi connectivity index (χ0n) is 15.6. The SMILES string of the molecule is O=C(c1cc([N+](=O)[O-])ccc1Cl)N1CCCC(c2nc(-c3ccc(Cl)cc3)no2)C1. The van der Waals surface area contributed by atoms with E-state index in [1.165, 1.54) is 18.2 Å². The molecule has 4 rings (SSSR count). The second-order valence-electron chi connectivity index (χ2n) is 6.97. The molecule has 8 nitrogen and oxygen atoms in total. The van der Waals surface area contributed by atoms with E-state index in [2.05, 4.69) is 10.1 Å². The quantitative estimate of drug-likeness (QED) is 0.413. The van der Waals surface area contributed by atoms with Crippen molar-refractivity contribution in [3.63, 3.8) is 0 Å². The summed E-state index contributed by atoms with van der Waals surface area (Å²) < 4.78 is 5.45. The number of carbonyl (C=O) groups is 1. The van der Waals surface area contributed by atoms with Gasteiger partial charge in [-0.15, -0.1) is 0 Å². The van der Waals surface area contributed by atoms with Crippen molar-refractivity contribution in [1.29, 1.82) is 0 Å². The minimum absolute atomic E-state index is 0.110. The first-order valence-electron chi connectivity index (χ1n) is 9.25. The number of likely N-dealkylation sites (tertiary alicyclic amines) is 1. The molecule has 0 spiro atoms. The lowest BCUT2D eigenvalue weighted by molar-refractivity contribution is -0.384. The molecule has 0 saturated carbocycles. The highest BCUT2D eigenvalue weighted by atomic mass is 35.5. The van der Waals surface area contributed by atoms with Gasteiger partial charge in [-0.25, -0.2) is 0 Å². The lowest BCUT2D eigenvalue weighted by Crippen LogP contribution is -2.39. The minimum atomic E-state index is -0.553. The maximum atomic E-state index is 13.0. The van der Waals surface area contributed by atoms with Crippen molar-refractivity contribution >= 4 is 34.8 Å². The van der Waals surface area contributed by atoms with Crippen LogP contribution in [0.4, 0.5) is 5.69 Å². The predicted molar refractivity (Wildman–Crippen MR) is 111 cm³/mol. The molecule has 10 heteroatoms. The van der Waals surface area contributed by atoms with Crippen LogP contribution in [0.25, 0.3) is 11.4 Å². The lowest BCUT2D eigenvalue weighted by Gasteiger charge is -2.31. The second kappa shape index (κ2) is 8.41. The number of aromatic nitrogens is 2. The maximum Gasteiger partial charge on any atom is 0.270 e. The van der Waals surface area contributed by atoms with Crippen molar-refractivity contribution in [2.24, 2.45) is 0 Å². The fourth-order valence-electron chi connectivity index (χ4n) is 3.44. The van der Waals surface area contributed by atoms with E-state index in [-0.39, 0.29) is 28.1 Å². The van der Waals surface area contributed by atoms with Crippen molar-refractivity contribution in [3.05, 3.63) is 74.1 Å². The molecule has 1 fully saturated rings. The third-order valence-corrected chi connectivity index (χ3v) is 5.57. The van der Waals surface area contributed by atoms with Crippen molar-refractivity contribution < 1.29 is 14.2 Å². The fourth-order valence-corrected chi connectivity index (χ4v) is 3.77. The Morgan fingerprint density at radius 3 is 2.70 bits per heavy atom. The summed E-state index contributed by atoms with van der Waals surface area (Å²) in [6.45, 7) is 0.882. The maximum absolute atomic E-state index is 13.0. The first-order valence-corrected chi connectivity index (χ1v) is 10.0. The molecule has 1 aliphatic rings. The first kappa shape index (κ1) is 20.3. The molecule has 1 amide bonds. The minimum Gasteiger partial charge on any atom is -0.339 e. The summed E-state index contributed by atoms with van der Waals surface area (Å²) >= 11 is 12.0. The van der Waals surface area contributed by atoms with Crippen LogP contribution in [0.3, 0.4) is 0 Å². The van der Waals surface area contributed by atoms with Gasteiger partial charge < -0.3 is 9.42 Å². The van der Waals surface area contributed by atoms with Gasteiger partial charge in [-0.05, 0) is 43.2 Å². The van der Waals surface area contributed by atoms with Gasteiger partial charge >= 0.3 is 0 Å². The third kappa shape index (κ3) is 4.15. The summed E-state index contributed by atoms with van der Waals surface area (Å²) in [6.07, 6.45) is 1.52. The zero-order valence-corrected chi connectivity index (χ0v) is 17.1. The van der Waals surface area contributed by atoms with Gasteiger partial charge in [0.25, 0.3) is 11.6 Å². The van der Waals surface area contributed by atoms with E-state index in [0.717, 1.165) is 18.4 Å². The van der Waals surface area contributed by atoms with Crippen molar-refractivity contribution in [2.45, 2.75) is 18.8 Å². The van der Waals surface area contributed by atoms with E-state index < -0.39 is 4.92 Å². The largest absolute Gasteiger partial charge is 0.339 e. The number of piperidine rings is 1. The Morgan fingerprint density at radius 2 is 1.97 bits per heavy atom. The summed E-state index contributed by atoms with van der Waals surface area (Å²) in [7, 11) is 0. The Balaban J connectivity index is 1.53. The molecule has 0 aliphatic carbocycles. The number of benzene rings is 2. The standard InChI is InChI=1S/C20H16Cl2N4O4/c21-14-5-3-12(4-6-14)18-23-19(30-24-18)13-2-1-9-25(11-13)20(27)16-10-15(26(28)29)7-8-17(16)22/h3-8,10,13H,1-2,9,11H2. The summed E-state index contributed by atoms with van der Waals surface area (Å²) in [5.74, 6) is 0.411. The highest BCUT2D eigenvalue weighted by molar-refractivity contribution is 6.34. The van der Waals surface area contributed by atoms with Gasteiger partial charge in [0.05, 0.1) is 21.4 Å². The molecule has 0 bridgehead atoms. The van der Waals surface area contributed by atoms with Gasteiger partial charge in [-0.3, -0.25) is 14.9 Å². The Morgan fingerprint density at radius 1 is 1.20 bits per heavy atom. The Bertz CT molecular complexity index is 1100. The second-order valence-corrected chi connectivity index (χ2v) is 7.82. The van der Waals surface area contributed by atoms with Crippen LogP contribution in [-0.4, -0.2) is 39.0 Å². The summed E-state index contributed by atoms with van der Waals surface area (Å²) in [4.78, 5) is 29.6. The van der Waals surface area contributed by atoms with Gasteiger partial charge in [0.2, 0.25) is 11.7 Å². The molecular weight excluding hydrogens is 431 g/mol. The molecule has 30 heavy (non-hydrogen) atoms. The van der Waals surface area contributed by atoms with Crippen molar-refractivity contribution in [1.82, 2.24) is 15.0 Å². The normalized spacial score (nSPS) is 16.5. The van der Waals surface area contributed by atoms with E-state index in [9.17, 15) is 14.9 Å². The molecular formula is C20H16Cl2N4O4. The highest BCUT2D eigenvalue weighted by Crippen LogP contribution is 2.30. The topological polar surface area (TPSA) is 102 Å². The van der Waals surface area contributed by atoms with E-state index in [1.54, 1.807) is 29.2 Å². The molecule has 1 saturated heterocycles. The number of carbonyl (C=O) groups excluding carboxylic acids is 1. The molecule has 1 atom stereocenters. The van der Waals surface area contributed by atoms with Crippen LogP contribution in [0.5, 0.6) is 0 Å². The van der Waals surface area contributed by atoms with Crippen LogP contribution < -0.4 is 0 Å². The van der Waals surface area contributed by atoms with Gasteiger partial charge in [0.1, 0.15) is 0 Å². The lowest BCUT2D eigenvalue weighted by atomic mass is 9.97. The summed E-state index contributed by atoms with van der Waals surface area (Å²) in [6, 6.07) is 10.9. The average molecular weight is 447 g/mol. The smallest absolute Gasteiger partial charge is 0.270 e. The number of nitro benzene ring substituents is 1. The third-order valence-electron chi connectivity index (χ3n) is 4.99. The number of amides is 1. The Hall–Kier alpha value is -2.97. The van der Waals surface area contributed by atoms with Crippen LogP contribution >= 0.6 is 23.2 Å². The molecule has 154 valence electrons. The molecule has 3 aromatic rings. The number of non-ortho nitro benzene ring substituents is 1. The number of nitro groups is 1. The van der Waals surface area contributed by atoms with Gasteiger partial charge in [0, 0.05) is 35.8 Å². The fraction of sp³-hybridized carbons (Fsp3) is 0.250. The van der Waals surface area contributed by atoms with Crippen LogP contribution in [0.15, 0.2) is 47.0 Å². The van der Waals surface area contributed by atoms with E-state index in [0.29, 0.717) is 29.8 Å². The zero-order chi connectivity index (χ0) is 21.3. The predicted octanol–water partition coefficient (Wildman–Crippen LogP) is 4.97. The van der Waals surface area contributed by atoms with E-state index in [1.807, 2.05) is 0 Å².